The van der Waals surface area contributed by atoms with Gasteiger partial charge < -0.3 is 19.5 Å². The van der Waals surface area contributed by atoms with Crippen molar-refractivity contribution < 1.29 is 19.0 Å². The fourth-order valence-electron chi connectivity index (χ4n) is 3.00. The number of nitrogens with one attached hydrogen (secondary N) is 1. The van der Waals surface area contributed by atoms with Gasteiger partial charge in [-0.25, -0.2) is 0 Å². The summed E-state index contributed by atoms with van der Waals surface area (Å²) < 4.78 is 16.5. The SMILES string of the molecule is COc1cccc(OCc2cc(C(=O)N[C@@H](C)c3ccc(Cl)cc3)ccc2OC)c1. The van der Waals surface area contributed by atoms with Gasteiger partial charge in [0.15, 0.2) is 0 Å². The first-order valence-electron chi connectivity index (χ1n) is 9.50. The Labute approximate surface area is 181 Å². The van der Waals surface area contributed by atoms with Crippen LogP contribution in [0.25, 0.3) is 0 Å². The van der Waals surface area contributed by atoms with E-state index in [0.717, 1.165) is 11.1 Å². The first-order chi connectivity index (χ1) is 14.5. The highest BCUT2D eigenvalue weighted by molar-refractivity contribution is 6.30. The third-order valence-electron chi connectivity index (χ3n) is 4.70. The van der Waals surface area contributed by atoms with E-state index < -0.39 is 0 Å². The van der Waals surface area contributed by atoms with Gasteiger partial charge in [-0.1, -0.05) is 29.8 Å². The molecule has 0 aliphatic rings. The molecule has 3 aromatic carbocycles. The first kappa shape index (κ1) is 21.5. The summed E-state index contributed by atoms with van der Waals surface area (Å²) >= 11 is 5.94. The number of benzene rings is 3. The fraction of sp³-hybridized carbons (Fsp3) is 0.208. The van der Waals surface area contributed by atoms with Crippen LogP contribution in [0.5, 0.6) is 17.2 Å². The van der Waals surface area contributed by atoms with E-state index >= 15 is 0 Å². The first-order valence-corrected chi connectivity index (χ1v) is 9.88. The highest BCUT2D eigenvalue weighted by atomic mass is 35.5. The normalized spacial score (nSPS) is 11.5. The molecule has 0 fully saturated rings. The van der Waals surface area contributed by atoms with Crippen molar-refractivity contribution in [2.24, 2.45) is 0 Å². The molecule has 0 saturated carbocycles. The maximum Gasteiger partial charge on any atom is 0.251 e. The second kappa shape index (κ2) is 10.0. The van der Waals surface area contributed by atoms with Crippen molar-refractivity contribution in [2.75, 3.05) is 14.2 Å². The minimum absolute atomic E-state index is 0.159. The monoisotopic (exact) mass is 425 g/mol. The van der Waals surface area contributed by atoms with Crippen molar-refractivity contribution in [1.82, 2.24) is 5.32 Å². The van der Waals surface area contributed by atoms with Crippen molar-refractivity contribution in [3.63, 3.8) is 0 Å². The molecule has 0 unspecified atom stereocenters. The Bertz CT molecular complexity index is 1000. The Balaban J connectivity index is 1.72. The lowest BCUT2D eigenvalue weighted by atomic mass is 10.1. The Hall–Kier alpha value is -3.18. The summed E-state index contributed by atoms with van der Waals surface area (Å²) in [4.78, 5) is 12.8. The molecule has 0 saturated heterocycles. The minimum Gasteiger partial charge on any atom is -0.497 e. The number of halogens is 1. The van der Waals surface area contributed by atoms with Gasteiger partial charge in [0, 0.05) is 22.2 Å². The van der Waals surface area contributed by atoms with Gasteiger partial charge in [-0.3, -0.25) is 4.79 Å². The molecule has 30 heavy (non-hydrogen) atoms. The van der Waals surface area contributed by atoms with Gasteiger partial charge in [-0.2, -0.15) is 0 Å². The highest BCUT2D eigenvalue weighted by Gasteiger charge is 2.14. The molecule has 156 valence electrons. The molecular formula is C24H24ClNO4. The lowest BCUT2D eigenvalue weighted by Crippen LogP contribution is -2.26. The quantitative estimate of drug-likeness (QED) is 0.523. The molecule has 0 aliphatic heterocycles. The molecule has 3 rings (SSSR count). The van der Waals surface area contributed by atoms with Crippen molar-refractivity contribution in [3.8, 4) is 17.2 Å². The number of amides is 1. The van der Waals surface area contributed by atoms with Gasteiger partial charge in [0.25, 0.3) is 5.91 Å². The molecular weight excluding hydrogens is 402 g/mol. The van der Waals surface area contributed by atoms with Crippen LogP contribution in [0.4, 0.5) is 0 Å². The number of rotatable bonds is 8. The number of carbonyl (C=O) groups is 1. The van der Waals surface area contributed by atoms with Crippen LogP contribution in [-0.2, 0) is 6.61 Å². The maximum absolute atomic E-state index is 12.8. The van der Waals surface area contributed by atoms with Crippen molar-refractivity contribution in [1.29, 1.82) is 0 Å². The van der Waals surface area contributed by atoms with Crippen LogP contribution in [0.1, 0.15) is 34.5 Å². The van der Waals surface area contributed by atoms with Crippen LogP contribution >= 0.6 is 11.6 Å². The Morgan fingerprint density at radius 2 is 1.70 bits per heavy atom. The number of methoxy groups -OCH3 is 2. The zero-order chi connectivity index (χ0) is 21.5. The topological polar surface area (TPSA) is 56.8 Å². The third-order valence-corrected chi connectivity index (χ3v) is 4.95. The predicted molar refractivity (Wildman–Crippen MR) is 118 cm³/mol. The van der Waals surface area contributed by atoms with E-state index in [2.05, 4.69) is 5.32 Å². The van der Waals surface area contributed by atoms with Crippen LogP contribution < -0.4 is 19.5 Å². The summed E-state index contributed by atoms with van der Waals surface area (Å²) in [6.07, 6.45) is 0. The average Bonchev–Trinajstić information content (AvgIpc) is 2.78. The minimum atomic E-state index is -0.178. The average molecular weight is 426 g/mol. The standard InChI is InChI=1S/C24H24ClNO4/c1-16(17-7-10-20(25)11-8-17)26-24(27)18-9-12-23(29-3)19(13-18)15-30-22-6-4-5-21(14-22)28-2/h4-14,16H,15H2,1-3H3,(H,26,27)/t16-/m0/s1. The molecule has 1 N–H and O–H groups in total. The predicted octanol–water partition coefficient (Wildman–Crippen LogP) is 5.43. The summed E-state index contributed by atoms with van der Waals surface area (Å²) in [7, 11) is 3.20. The Morgan fingerprint density at radius 3 is 2.40 bits per heavy atom. The van der Waals surface area contributed by atoms with E-state index in [0.29, 0.717) is 27.8 Å². The molecule has 0 aliphatic carbocycles. The second-order valence-corrected chi connectivity index (χ2v) is 7.18. The summed E-state index contributed by atoms with van der Waals surface area (Å²) in [5, 5.41) is 3.67. The lowest BCUT2D eigenvalue weighted by molar-refractivity contribution is 0.0939. The second-order valence-electron chi connectivity index (χ2n) is 6.74. The van der Waals surface area contributed by atoms with Crippen molar-refractivity contribution >= 4 is 17.5 Å². The van der Waals surface area contributed by atoms with E-state index in [1.807, 2.05) is 37.3 Å². The van der Waals surface area contributed by atoms with Crippen LogP contribution in [0.15, 0.2) is 66.7 Å². The van der Waals surface area contributed by atoms with Crippen LogP contribution in [0.2, 0.25) is 5.02 Å². The number of hydrogen-bond donors (Lipinski definition) is 1. The van der Waals surface area contributed by atoms with Crippen LogP contribution in [-0.4, -0.2) is 20.1 Å². The Morgan fingerprint density at radius 1 is 0.967 bits per heavy atom. The largest absolute Gasteiger partial charge is 0.497 e. The maximum atomic E-state index is 12.8. The molecule has 1 amide bonds. The van der Waals surface area contributed by atoms with Gasteiger partial charge in [0.1, 0.15) is 23.9 Å². The van der Waals surface area contributed by atoms with E-state index in [-0.39, 0.29) is 18.6 Å². The van der Waals surface area contributed by atoms with Crippen LogP contribution in [0.3, 0.4) is 0 Å². The third kappa shape index (κ3) is 5.45. The number of ether oxygens (including phenoxy) is 3. The number of hydrogen-bond acceptors (Lipinski definition) is 4. The zero-order valence-corrected chi connectivity index (χ0v) is 17.9. The molecule has 0 spiro atoms. The number of carbonyl (C=O) groups excluding carboxylic acids is 1. The van der Waals surface area contributed by atoms with Crippen molar-refractivity contribution in [3.05, 3.63) is 88.4 Å². The molecule has 5 nitrogen and oxygen atoms in total. The van der Waals surface area contributed by atoms with E-state index in [1.54, 1.807) is 50.6 Å². The smallest absolute Gasteiger partial charge is 0.251 e. The van der Waals surface area contributed by atoms with E-state index in [9.17, 15) is 4.79 Å². The Kier molecular flexibility index (Phi) is 7.20. The van der Waals surface area contributed by atoms with Gasteiger partial charge in [0.05, 0.1) is 20.3 Å². The van der Waals surface area contributed by atoms with Crippen molar-refractivity contribution in [2.45, 2.75) is 19.6 Å². The summed E-state index contributed by atoms with van der Waals surface area (Å²) in [6, 6.07) is 19.9. The van der Waals surface area contributed by atoms with Gasteiger partial charge in [-0.05, 0) is 55.0 Å². The molecule has 0 aromatic heterocycles. The summed E-state index contributed by atoms with van der Waals surface area (Å²) in [5.41, 5.74) is 2.27. The van der Waals surface area contributed by atoms with Crippen LogP contribution in [0, 0.1) is 0 Å². The molecule has 0 radical (unpaired) electrons. The summed E-state index contributed by atoms with van der Waals surface area (Å²) in [6.45, 7) is 2.18. The highest BCUT2D eigenvalue weighted by Crippen LogP contribution is 2.25. The van der Waals surface area contributed by atoms with E-state index in [1.165, 1.54) is 0 Å². The molecule has 1 atom stereocenters. The van der Waals surface area contributed by atoms with Gasteiger partial charge in [0.2, 0.25) is 0 Å². The molecule has 6 heteroatoms. The van der Waals surface area contributed by atoms with E-state index in [4.69, 9.17) is 25.8 Å². The lowest BCUT2D eigenvalue weighted by Gasteiger charge is -2.16. The zero-order valence-electron chi connectivity index (χ0n) is 17.1. The summed E-state index contributed by atoms with van der Waals surface area (Å²) in [5.74, 6) is 1.86. The molecule has 0 bridgehead atoms. The molecule has 3 aromatic rings. The molecule has 0 heterocycles. The van der Waals surface area contributed by atoms with Gasteiger partial charge >= 0.3 is 0 Å². The van der Waals surface area contributed by atoms with Gasteiger partial charge in [-0.15, -0.1) is 0 Å². The fourth-order valence-corrected chi connectivity index (χ4v) is 3.13.